The summed E-state index contributed by atoms with van der Waals surface area (Å²) in [6.07, 6.45) is 10.7. The Hall–Kier alpha value is -0.940. The number of nitrogens with one attached hydrogen (secondary N) is 1. The second kappa shape index (κ2) is 7.36. The monoisotopic (exact) mass is 291 g/mol. The summed E-state index contributed by atoms with van der Waals surface area (Å²) in [5.74, 6) is 0.965. The van der Waals surface area contributed by atoms with Gasteiger partial charge < -0.3 is 5.32 Å². The molecule has 0 spiro atoms. The largest absolute Gasteiger partial charge is 0.311 e. The average molecular weight is 291 g/mol. The summed E-state index contributed by atoms with van der Waals surface area (Å²) in [5, 5.41) is 11.8. The predicted octanol–water partition coefficient (Wildman–Crippen LogP) is 2.04. The molecule has 3 rings (SSSR count). The van der Waals surface area contributed by atoms with Gasteiger partial charge in [-0.05, 0) is 44.7 Å². The van der Waals surface area contributed by atoms with Crippen molar-refractivity contribution in [3.63, 3.8) is 0 Å². The van der Waals surface area contributed by atoms with Crippen LogP contribution >= 0.6 is 0 Å². The van der Waals surface area contributed by atoms with E-state index in [1.165, 1.54) is 45.1 Å². The Balaban J connectivity index is 1.50. The van der Waals surface area contributed by atoms with Crippen molar-refractivity contribution >= 4 is 0 Å². The molecule has 1 N–H and O–H groups in total. The van der Waals surface area contributed by atoms with Gasteiger partial charge in [0.1, 0.15) is 0 Å². The lowest BCUT2D eigenvalue weighted by atomic mass is 9.78. The zero-order valence-electron chi connectivity index (χ0n) is 13.3. The molecule has 0 unspecified atom stereocenters. The fourth-order valence-corrected chi connectivity index (χ4v) is 4.02. The van der Waals surface area contributed by atoms with Crippen LogP contribution < -0.4 is 5.32 Å². The van der Waals surface area contributed by atoms with Crippen molar-refractivity contribution in [3.05, 3.63) is 11.9 Å². The van der Waals surface area contributed by atoms with Gasteiger partial charge >= 0.3 is 0 Å². The first-order valence-electron chi connectivity index (χ1n) is 8.70. The molecule has 1 saturated heterocycles. The molecular formula is C16H29N5. The molecule has 1 aromatic rings. The lowest BCUT2D eigenvalue weighted by Gasteiger charge is -2.44. The third-order valence-corrected chi connectivity index (χ3v) is 5.12. The Bertz CT molecular complexity index is 428. The van der Waals surface area contributed by atoms with E-state index in [0.29, 0.717) is 0 Å². The van der Waals surface area contributed by atoms with Crippen LogP contribution in [-0.4, -0.2) is 45.6 Å². The Morgan fingerprint density at radius 1 is 1.19 bits per heavy atom. The highest BCUT2D eigenvalue weighted by molar-refractivity contribution is 4.92. The molecule has 0 bridgehead atoms. The van der Waals surface area contributed by atoms with Gasteiger partial charge in [-0.25, -0.2) is 0 Å². The van der Waals surface area contributed by atoms with Crippen LogP contribution in [0, 0.1) is 5.92 Å². The first kappa shape index (κ1) is 15.0. The predicted molar refractivity (Wildman–Crippen MR) is 84.0 cm³/mol. The molecule has 1 aliphatic carbocycles. The molecule has 5 heteroatoms. The maximum absolute atomic E-state index is 4.26. The summed E-state index contributed by atoms with van der Waals surface area (Å²) in [6, 6.07) is 0.845. The van der Waals surface area contributed by atoms with Crippen molar-refractivity contribution in [1.82, 2.24) is 25.2 Å². The number of rotatable bonds is 6. The molecule has 1 aliphatic heterocycles. The van der Waals surface area contributed by atoms with E-state index in [9.17, 15) is 0 Å². The van der Waals surface area contributed by atoms with Gasteiger partial charge in [-0.3, -0.25) is 9.58 Å². The zero-order valence-corrected chi connectivity index (χ0v) is 13.3. The Morgan fingerprint density at radius 3 is 2.95 bits per heavy atom. The van der Waals surface area contributed by atoms with E-state index in [2.05, 4.69) is 33.6 Å². The summed E-state index contributed by atoms with van der Waals surface area (Å²) in [5.41, 5.74) is 1.05. The number of likely N-dealkylation sites (tertiary alicyclic amines) is 1. The summed E-state index contributed by atoms with van der Waals surface area (Å²) >= 11 is 0. The van der Waals surface area contributed by atoms with E-state index in [1.807, 2.05) is 4.68 Å². The minimum Gasteiger partial charge on any atom is -0.311 e. The summed E-state index contributed by atoms with van der Waals surface area (Å²) in [6.45, 7) is 7.30. The van der Waals surface area contributed by atoms with Crippen molar-refractivity contribution < 1.29 is 0 Å². The van der Waals surface area contributed by atoms with E-state index in [0.717, 1.165) is 43.8 Å². The van der Waals surface area contributed by atoms with Crippen molar-refractivity contribution in [3.8, 4) is 0 Å². The molecule has 118 valence electrons. The maximum Gasteiger partial charge on any atom is 0.0964 e. The van der Waals surface area contributed by atoms with Crippen molar-refractivity contribution in [2.45, 2.75) is 64.6 Å². The standard InChI is InChI=1S/C16H29N5/c1-2-17-12-15-13-21(19-18-15)11-10-20-9-5-7-14-6-3-4-8-16(14)20/h13-14,16-17H,2-12H2,1H3/t14-,16-/m1/s1. The minimum absolute atomic E-state index is 0.824. The quantitative estimate of drug-likeness (QED) is 0.871. The molecule has 2 fully saturated rings. The van der Waals surface area contributed by atoms with Gasteiger partial charge in [-0.15, -0.1) is 5.10 Å². The second-order valence-corrected chi connectivity index (χ2v) is 6.54. The first-order valence-corrected chi connectivity index (χ1v) is 8.70. The van der Waals surface area contributed by atoms with Gasteiger partial charge in [0.25, 0.3) is 0 Å². The van der Waals surface area contributed by atoms with Crippen molar-refractivity contribution in [1.29, 1.82) is 0 Å². The number of aromatic nitrogens is 3. The van der Waals surface area contributed by atoms with Crippen LogP contribution in [0.25, 0.3) is 0 Å². The lowest BCUT2D eigenvalue weighted by molar-refractivity contribution is 0.0573. The number of nitrogens with zero attached hydrogens (tertiary/aromatic N) is 4. The Morgan fingerprint density at radius 2 is 2.05 bits per heavy atom. The fourth-order valence-electron chi connectivity index (χ4n) is 4.02. The van der Waals surface area contributed by atoms with Crippen LogP contribution in [0.1, 0.15) is 51.1 Å². The molecule has 2 aliphatic rings. The molecule has 0 amide bonds. The number of hydrogen-bond donors (Lipinski definition) is 1. The second-order valence-electron chi connectivity index (χ2n) is 6.54. The molecule has 2 heterocycles. The van der Waals surface area contributed by atoms with Gasteiger partial charge in [-0.1, -0.05) is 25.0 Å². The molecule has 0 aromatic carbocycles. The smallest absolute Gasteiger partial charge is 0.0964 e. The third kappa shape index (κ3) is 3.83. The molecule has 1 aromatic heterocycles. The van der Waals surface area contributed by atoms with E-state index in [1.54, 1.807) is 0 Å². The molecule has 0 radical (unpaired) electrons. The highest BCUT2D eigenvalue weighted by Crippen LogP contribution is 2.34. The van der Waals surface area contributed by atoms with E-state index < -0.39 is 0 Å². The van der Waals surface area contributed by atoms with Gasteiger partial charge in [0.05, 0.1) is 12.2 Å². The first-order chi connectivity index (χ1) is 10.4. The number of fused-ring (bicyclic) bond motifs is 1. The highest BCUT2D eigenvalue weighted by Gasteiger charge is 2.32. The number of piperidine rings is 1. The Kier molecular flexibility index (Phi) is 5.25. The highest BCUT2D eigenvalue weighted by atomic mass is 15.4. The Labute approximate surface area is 128 Å². The van der Waals surface area contributed by atoms with Crippen LogP contribution in [0.5, 0.6) is 0 Å². The van der Waals surface area contributed by atoms with Crippen LogP contribution in [0.2, 0.25) is 0 Å². The number of hydrogen-bond acceptors (Lipinski definition) is 4. The normalized spacial score (nSPS) is 26.7. The van der Waals surface area contributed by atoms with E-state index >= 15 is 0 Å². The van der Waals surface area contributed by atoms with Crippen LogP contribution in [0.3, 0.4) is 0 Å². The van der Waals surface area contributed by atoms with Crippen molar-refractivity contribution in [2.75, 3.05) is 19.6 Å². The SMILES string of the molecule is CCNCc1cn(CCN2CCC[C@H]3CCCC[C@H]32)nn1. The van der Waals surface area contributed by atoms with Crippen LogP contribution in [-0.2, 0) is 13.1 Å². The van der Waals surface area contributed by atoms with Gasteiger partial charge in [0.2, 0.25) is 0 Å². The topological polar surface area (TPSA) is 46.0 Å². The van der Waals surface area contributed by atoms with Crippen LogP contribution in [0.4, 0.5) is 0 Å². The van der Waals surface area contributed by atoms with Crippen molar-refractivity contribution in [2.24, 2.45) is 5.92 Å². The third-order valence-electron chi connectivity index (χ3n) is 5.12. The van der Waals surface area contributed by atoms with Gasteiger partial charge in [0, 0.05) is 25.3 Å². The molecule has 2 atom stereocenters. The molecular weight excluding hydrogens is 262 g/mol. The fraction of sp³-hybridized carbons (Fsp3) is 0.875. The van der Waals surface area contributed by atoms with Gasteiger partial charge in [0.15, 0.2) is 0 Å². The molecule has 21 heavy (non-hydrogen) atoms. The average Bonchev–Trinajstić information content (AvgIpc) is 2.99. The lowest BCUT2D eigenvalue weighted by Crippen LogP contribution is -2.47. The summed E-state index contributed by atoms with van der Waals surface area (Å²) in [7, 11) is 0. The van der Waals surface area contributed by atoms with E-state index in [4.69, 9.17) is 0 Å². The summed E-state index contributed by atoms with van der Waals surface area (Å²) < 4.78 is 2.01. The van der Waals surface area contributed by atoms with Gasteiger partial charge in [-0.2, -0.15) is 0 Å². The van der Waals surface area contributed by atoms with Crippen LogP contribution in [0.15, 0.2) is 6.20 Å². The summed E-state index contributed by atoms with van der Waals surface area (Å²) in [4.78, 5) is 2.72. The minimum atomic E-state index is 0.824. The molecule has 1 saturated carbocycles. The maximum atomic E-state index is 4.26. The zero-order chi connectivity index (χ0) is 14.5. The molecule has 5 nitrogen and oxygen atoms in total. The van der Waals surface area contributed by atoms with E-state index in [-0.39, 0.29) is 0 Å².